The van der Waals surface area contributed by atoms with Gasteiger partial charge < -0.3 is 14.2 Å². The van der Waals surface area contributed by atoms with Crippen molar-refractivity contribution >= 4 is 5.78 Å². The number of hydrogen-bond acceptors (Lipinski definition) is 4. The van der Waals surface area contributed by atoms with E-state index < -0.39 is 0 Å². The summed E-state index contributed by atoms with van der Waals surface area (Å²) in [5.74, 6) is 1.21. The minimum Gasteiger partial charge on any atom is -0.358 e. The number of fused-ring (bicyclic) bond motifs is 3. The molecule has 0 amide bonds. The number of carbonyl (C=O) groups excluding carboxylic acids is 1. The highest BCUT2D eigenvalue weighted by Crippen LogP contribution is 2.73. The highest BCUT2D eigenvalue weighted by atomic mass is 16.7. The first-order valence-electron chi connectivity index (χ1n) is 9.75. The van der Waals surface area contributed by atoms with Crippen LogP contribution in [0.25, 0.3) is 0 Å². The lowest BCUT2D eigenvalue weighted by molar-refractivity contribution is -0.185. The molecule has 130 valence electrons. The Morgan fingerprint density at radius 3 is 2.79 bits per heavy atom. The van der Waals surface area contributed by atoms with Gasteiger partial charge in [-0.3, -0.25) is 4.79 Å². The van der Waals surface area contributed by atoms with Crippen LogP contribution >= 0.6 is 0 Å². The van der Waals surface area contributed by atoms with Gasteiger partial charge in [-0.15, -0.1) is 0 Å². The van der Waals surface area contributed by atoms with Crippen molar-refractivity contribution < 1.29 is 19.0 Å². The molecule has 0 N–H and O–H groups in total. The zero-order chi connectivity index (χ0) is 16.2. The third-order valence-corrected chi connectivity index (χ3v) is 8.38. The van der Waals surface area contributed by atoms with Crippen LogP contribution in [0.1, 0.15) is 58.3 Å². The molecule has 6 rings (SSSR count). The zero-order valence-electron chi connectivity index (χ0n) is 14.4. The van der Waals surface area contributed by atoms with E-state index in [-0.39, 0.29) is 22.4 Å². The van der Waals surface area contributed by atoms with Crippen LogP contribution in [-0.2, 0) is 19.0 Å². The number of carbonyl (C=O) groups is 1. The maximum absolute atomic E-state index is 12.5. The molecular formula is C20H26O4. The molecule has 3 saturated carbocycles. The number of rotatable bonds is 0. The Morgan fingerprint density at radius 2 is 1.96 bits per heavy atom. The highest BCUT2D eigenvalue weighted by Gasteiger charge is 2.79. The topological polar surface area (TPSA) is 48.1 Å². The van der Waals surface area contributed by atoms with E-state index >= 15 is 0 Å². The molecule has 2 heterocycles. The number of allylic oxidation sites excluding steroid dienone is 1. The van der Waals surface area contributed by atoms with E-state index in [1.165, 1.54) is 0 Å². The molecule has 0 aromatic heterocycles. The van der Waals surface area contributed by atoms with Crippen molar-refractivity contribution in [1.82, 2.24) is 0 Å². The van der Waals surface area contributed by atoms with Gasteiger partial charge in [-0.05, 0) is 49.5 Å². The molecular weight excluding hydrogens is 304 g/mol. The average molecular weight is 330 g/mol. The lowest BCUT2D eigenvalue weighted by atomic mass is 9.54. The van der Waals surface area contributed by atoms with E-state index in [4.69, 9.17) is 14.2 Å². The van der Waals surface area contributed by atoms with Gasteiger partial charge in [-0.25, -0.2) is 0 Å². The molecule has 4 heteroatoms. The summed E-state index contributed by atoms with van der Waals surface area (Å²) in [7, 11) is 0. The fraction of sp³-hybridized carbons (Fsp3) is 0.850. The van der Waals surface area contributed by atoms with E-state index in [9.17, 15) is 4.79 Å². The maximum atomic E-state index is 12.5. The number of ether oxygens (including phenoxy) is 3. The first kappa shape index (κ1) is 14.5. The van der Waals surface area contributed by atoms with E-state index in [0.29, 0.717) is 17.6 Å². The number of ketones is 1. The molecule has 0 aromatic carbocycles. The van der Waals surface area contributed by atoms with Gasteiger partial charge in [0.05, 0.1) is 13.2 Å². The molecule has 2 aliphatic heterocycles. The van der Waals surface area contributed by atoms with E-state index in [0.717, 1.165) is 64.6 Å². The molecule has 0 bridgehead atoms. The van der Waals surface area contributed by atoms with Crippen LogP contribution in [0, 0.1) is 17.3 Å². The van der Waals surface area contributed by atoms with Gasteiger partial charge in [0.1, 0.15) is 17.0 Å². The van der Waals surface area contributed by atoms with Crippen molar-refractivity contribution in [2.24, 2.45) is 17.3 Å². The Morgan fingerprint density at radius 1 is 1.12 bits per heavy atom. The summed E-state index contributed by atoms with van der Waals surface area (Å²) in [4.78, 5) is 12.5. The van der Waals surface area contributed by atoms with Gasteiger partial charge in [0, 0.05) is 24.7 Å². The molecule has 4 aliphatic carbocycles. The van der Waals surface area contributed by atoms with Crippen LogP contribution in [-0.4, -0.2) is 36.0 Å². The zero-order valence-corrected chi connectivity index (χ0v) is 14.4. The summed E-state index contributed by atoms with van der Waals surface area (Å²) >= 11 is 0. The van der Waals surface area contributed by atoms with Crippen LogP contribution in [0.3, 0.4) is 0 Å². The molecule has 1 spiro atoms. The quantitative estimate of drug-likeness (QED) is 0.506. The van der Waals surface area contributed by atoms with Crippen LogP contribution in [0.4, 0.5) is 0 Å². The summed E-state index contributed by atoms with van der Waals surface area (Å²) < 4.78 is 18.5. The lowest BCUT2D eigenvalue weighted by Crippen LogP contribution is -2.51. The Hall–Kier alpha value is -0.710. The van der Waals surface area contributed by atoms with Gasteiger partial charge in [0.25, 0.3) is 0 Å². The first-order valence-corrected chi connectivity index (χ1v) is 9.75. The smallest absolute Gasteiger partial charge is 0.171 e. The summed E-state index contributed by atoms with van der Waals surface area (Å²) in [6.45, 7) is 3.65. The van der Waals surface area contributed by atoms with Crippen molar-refractivity contribution in [2.75, 3.05) is 13.2 Å². The fourth-order valence-corrected chi connectivity index (χ4v) is 7.11. The molecule has 0 unspecified atom stereocenters. The normalized spacial score (nSPS) is 53.9. The predicted octanol–water partition coefficient (Wildman–Crippen LogP) is 3.15. The second-order valence-corrected chi connectivity index (χ2v) is 9.20. The van der Waals surface area contributed by atoms with E-state index in [1.807, 2.05) is 0 Å². The molecule has 4 nitrogen and oxygen atoms in total. The number of epoxide rings is 1. The molecule has 5 fully saturated rings. The predicted molar refractivity (Wildman–Crippen MR) is 86.3 cm³/mol. The van der Waals surface area contributed by atoms with Gasteiger partial charge >= 0.3 is 0 Å². The minimum absolute atomic E-state index is 0.0473. The Kier molecular flexibility index (Phi) is 2.51. The van der Waals surface area contributed by atoms with Crippen LogP contribution in [0.2, 0.25) is 0 Å². The van der Waals surface area contributed by atoms with Crippen molar-refractivity contribution in [3.63, 3.8) is 0 Å². The summed E-state index contributed by atoms with van der Waals surface area (Å²) in [5.41, 5.74) is 1.34. The summed E-state index contributed by atoms with van der Waals surface area (Å²) in [6.07, 6.45) is 10.3. The van der Waals surface area contributed by atoms with Gasteiger partial charge in [0.15, 0.2) is 5.79 Å². The third kappa shape index (κ3) is 1.47. The van der Waals surface area contributed by atoms with E-state index in [2.05, 4.69) is 13.0 Å². The molecule has 6 aliphatic rings. The molecule has 2 saturated heterocycles. The van der Waals surface area contributed by atoms with Gasteiger partial charge in [-0.2, -0.15) is 0 Å². The Labute approximate surface area is 142 Å². The summed E-state index contributed by atoms with van der Waals surface area (Å²) in [6, 6.07) is 0. The maximum Gasteiger partial charge on any atom is 0.171 e. The van der Waals surface area contributed by atoms with Crippen molar-refractivity contribution in [2.45, 2.75) is 75.3 Å². The number of Topliss-reactive ketones (excluding diaryl/α,β-unsaturated/α-hetero) is 1. The monoisotopic (exact) mass is 330 g/mol. The SMILES string of the molecule is C[C@]12CC=C3[C@@H](CC[C@@]45CC6(CC[C@@]34O5)OCCO6)[C@H]1CCC2=O. The Balaban J connectivity index is 1.37. The van der Waals surface area contributed by atoms with Crippen molar-refractivity contribution in [3.05, 3.63) is 11.6 Å². The first-order chi connectivity index (χ1) is 11.5. The van der Waals surface area contributed by atoms with Gasteiger partial charge in [0.2, 0.25) is 0 Å². The molecule has 5 atom stereocenters. The number of hydrogen-bond donors (Lipinski definition) is 0. The third-order valence-electron chi connectivity index (χ3n) is 8.38. The molecule has 24 heavy (non-hydrogen) atoms. The summed E-state index contributed by atoms with van der Waals surface area (Å²) in [5, 5.41) is 0. The average Bonchev–Trinajstić information content (AvgIpc) is 2.88. The van der Waals surface area contributed by atoms with Crippen LogP contribution < -0.4 is 0 Å². The Bertz CT molecular complexity index is 663. The lowest BCUT2D eigenvalue weighted by Gasteiger charge is -2.48. The van der Waals surface area contributed by atoms with Crippen LogP contribution in [0.15, 0.2) is 11.6 Å². The largest absolute Gasteiger partial charge is 0.358 e. The van der Waals surface area contributed by atoms with Gasteiger partial charge in [-0.1, -0.05) is 13.0 Å². The molecule has 0 radical (unpaired) electrons. The van der Waals surface area contributed by atoms with Crippen molar-refractivity contribution in [3.8, 4) is 0 Å². The van der Waals surface area contributed by atoms with E-state index in [1.54, 1.807) is 5.57 Å². The highest BCUT2D eigenvalue weighted by molar-refractivity contribution is 5.87. The second kappa shape index (κ2) is 4.16. The minimum atomic E-state index is -0.375. The standard InChI is InChI=1S/C20H26O4/c1-17-6-5-15-13(14(17)2-3-16(17)21)4-7-18-12-19(22-10-11-23-19)8-9-20(15,18)24-18/h5,13-14H,2-4,6-12H2,1H3/t13-,14+,17-,18+,20+/m0/s1. The van der Waals surface area contributed by atoms with Crippen molar-refractivity contribution in [1.29, 1.82) is 0 Å². The van der Waals surface area contributed by atoms with Crippen LogP contribution in [0.5, 0.6) is 0 Å². The second-order valence-electron chi connectivity index (χ2n) is 9.20. The fourth-order valence-electron chi connectivity index (χ4n) is 7.11. The molecule has 0 aromatic rings.